The van der Waals surface area contributed by atoms with Crippen LogP contribution >= 0.6 is 0 Å². The summed E-state index contributed by atoms with van der Waals surface area (Å²) in [5, 5.41) is 15.3. The second-order valence-electron chi connectivity index (χ2n) is 5.96. The van der Waals surface area contributed by atoms with Gasteiger partial charge >= 0.3 is 0 Å². The first-order valence-electron chi connectivity index (χ1n) is 8.60. The van der Waals surface area contributed by atoms with Gasteiger partial charge in [-0.15, -0.1) is 0 Å². The Bertz CT molecular complexity index is 840. The quantitative estimate of drug-likeness (QED) is 0.578. The topological polar surface area (TPSA) is 50.7 Å². The summed E-state index contributed by atoms with van der Waals surface area (Å²) >= 11 is 0. The zero-order chi connectivity index (χ0) is 18.2. The van der Waals surface area contributed by atoms with Crippen molar-refractivity contribution < 1.29 is 19.0 Å². The highest BCUT2D eigenvalue weighted by atomic mass is 19.1. The fourth-order valence-corrected chi connectivity index (χ4v) is 2.57. The summed E-state index contributed by atoms with van der Waals surface area (Å²) in [5.74, 6) is 0.580. The fourth-order valence-electron chi connectivity index (χ4n) is 2.57. The molecule has 26 heavy (non-hydrogen) atoms. The van der Waals surface area contributed by atoms with Crippen molar-refractivity contribution in [3.05, 3.63) is 72.5 Å². The lowest BCUT2D eigenvalue weighted by Crippen LogP contribution is -2.33. The van der Waals surface area contributed by atoms with Crippen LogP contribution in [0.3, 0.4) is 0 Å². The average molecular weight is 355 g/mol. The van der Waals surface area contributed by atoms with Crippen molar-refractivity contribution in [3.8, 4) is 11.5 Å². The summed E-state index contributed by atoms with van der Waals surface area (Å²) in [6, 6.07) is 20.2. The highest BCUT2D eigenvalue weighted by Crippen LogP contribution is 2.20. The molecule has 5 heteroatoms. The van der Waals surface area contributed by atoms with Gasteiger partial charge in [0.05, 0.1) is 0 Å². The second-order valence-corrected chi connectivity index (χ2v) is 5.96. The minimum absolute atomic E-state index is 0.194. The maximum absolute atomic E-state index is 13.4. The summed E-state index contributed by atoms with van der Waals surface area (Å²) in [7, 11) is 0. The number of fused-ring (bicyclic) bond motifs is 1. The molecule has 0 radical (unpaired) electrons. The van der Waals surface area contributed by atoms with E-state index in [4.69, 9.17) is 9.47 Å². The first-order valence-corrected chi connectivity index (χ1v) is 8.60. The SMILES string of the molecule is O[C@@H](CNCCOc1ccccc1F)COc1ccc2ccccc2c1. The number of nitrogens with one attached hydrogen (secondary N) is 1. The zero-order valence-electron chi connectivity index (χ0n) is 14.4. The maximum atomic E-state index is 13.4. The Labute approximate surface area is 152 Å². The van der Waals surface area contributed by atoms with E-state index >= 15 is 0 Å². The van der Waals surface area contributed by atoms with Crippen LogP contribution in [0.25, 0.3) is 10.8 Å². The van der Waals surface area contributed by atoms with E-state index in [-0.39, 0.29) is 18.2 Å². The standard InChI is InChI=1S/C21H22FNO3/c22-20-7-3-4-8-21(20)25-12-11-23-14-18(24)15-26-19-10-9-16-5-1-2-6-17(16)13-19/h1-10,13,18,23-24H,11-12,14-15H2/t18-/m0/s1. The monoisotopic (exact) mass is 355 g/mol. The lowest BCUT2D eigenvalue weighted by molar-refractivity contribution is 0.105. The van der Waals surface area contributed by atoms with Gasteiger partial charge in [-0.1, -0.05) is 42.5 Å². The molecule has 3 aromatic rings. The second kappa shape index (κ2) is 9.17. The van der Waals surface area contributed by atoms with E-state index in [0.717, 1.165) is 16.5 Å². The van der Waals surface area contributed by atoms with Crippen LogP contribution in [0.5, 0.6) is 11.5 Å². The molecule has 0 aliphatic heterocycles. The van der Waals surface area contributed by atoms with E-state index in [1.54, 1.807) is 18.2 Å². The summed E-state index contributed by atoms with van der Waals surface area (Å²) < 4.78 is 24.4. The fraction of sp³-hybridized carbons (Fsp3) is 0.238. The van der Waals surface area contributed by atoms with E-state index in [1.165, 1.54) is 6.07 Å². The number of aliphatic hydroxyl groups excluding tert-OH is 1. The van der Waals surface area contributed by atoms with Crippen molar-refractivity contribution in [1.29, 1.82) is 0 Å². The molecular formula is C21H22FNO3. The van der Waals surface area contributed by atoms with E-state index < -0.39 is 6.10 Å². The van der Waals surface area contributed by atoms with Gasteiger partial charge in [0.15, 0.2) is 11.6 Å². The number of para-hydroxylation sites is 1. The van der Waals surface area contributed by atoms with Crippen molar-refractivity contribution in [1.82, 2.24) is 5.32 Å². The third-order valence-corrected chi connectivity index (χ3v) is 3.92. The lowest BCUT2D eigenvalue weighted by Gasteiger charge is -2.14. The van der Waals surface area contributed by atoms with Gasteiger partial charge in [0.25, 0.3) is 0 Å². The Kier molecular flexibility index (Phi) is 6.41. The van der Waals surface area contributed by atoms with Gasteiger partial charge in [-0.2, -0.15) is 0 Å². The number of hydrogen-bond donors (Lipinski definition) is 2. The lowest BCUT2D eigenvalue weighted by atomic mass is 10.1. The third kappa shape index (κ3) is 5.18. The molecule has 1 atom stereocenters. The van der Waals surface area contributed by atoms with Gasteiger partial charge < -0.3 is 19.9 Å². The molecule has 0 amide bonds. The Balaban J connectivity index is 1.35. The smallest absolute Gasteiger partial charge is 0.165 e. The molecule has 0 saturated carbocycles. The van der Waals surface area contributed by atoms with Crippen molar-refractivity contribution in [2.45, 2.75) is 6.10 Å². The number of hydrogen-bond acceptors (Lipinski definition) is 4. The summed E-state index contributed by atoms with van der Waals surface area (Å²) in [4.78, 5) is 0. The normalized spacial score (nSPS) is 12.1. The summed E-state index contributed by atoms with van der Waals surface area (Å²) in [6.07, 6.45) is -0.644. The Morgan fingerprint density at radius 3 is 2.54 bits per heavy atom. The molecule has 136 valence electrons. The van der Waals surface area contributed by atoms with Crippen LogP contribution in [-0.2, 0) is 0 Å². The van der Waals surface area contributed by atoms with Crippen LogP contribution in [-0.4, -0.2) is 37.5 Å². The summed E-state index contributed by atoms with van der Waals surface area (Å²) in [6.45, 7) is 1.38. The Hall–Kier alpha value is -2.63. The molecule has 0 fully saturated rings. The largest absolute Gasteiger partial charge is 0.491 e. The van der Waals surface area contributed by atoms with Gasteiger partial charge in [0.1, 0.15) is 25.1 Å². The minimum atomic E-state index is -0.644. The number of ether oxygens (including phenoxy) is 2. The average Bonchev–Trinajstić information content (AvgIpc) is 2.67. The van der Waals surface area contributed by atoms with E-state index in [1.807, 2.05) is 42.5 Å². The molecule has 0 aliphatic carbocycles. The Morgan fingerprint density at radius 1 is 0.923 bits per heavy atom. The maximum Gasteiger partial charge on any atom is 0.165 e. The number of halogens is 1. The van der Waals surface area contributed by atoms with Gasteiger partial charge in [-0.05, 0) is 35.0 Å². The Morgan fingerprint density at radius 2 is 1.69 bits per heavy atom. The molecule has 3 aromatic carbocycles. The molecule has 0 heterocycles. The van der Waals surface area contributed by atoms with Crippen molar-refractivity contribution in [2.75, 3.05) is 26.3 Å². The van der Waals surface area contributed by atoms with Gasteiger partial charge in [-0.25, -0.2) is 4.39 Å². The molecule has 3 rings (SSSR count). The minimum Gasteiger partial charge on any atom is -0.491 e. The molecule has 0 spiro atoms. The molecule has 0 aromatic heterocycles. The van der Waals surface area contributed by atoms with E-state index in [0.29, 0.717) is 19.7 Å². The molecular weight excluding hydrogens is 333 g/mol. The van der Waals surface area contributed by atoms with E-state index in [2.05, 4.69) is 5.32 Å². The molecule has 4 nitrogen and oxygen atoms in total. The molecule has 0 aliphatic rings. The molecule has 0 unspecified atom stereocenters. The van der Waals surface area contributed by atoms with Crippen LogP contribution in [0.4, 0.5) is 4.39 Å². The number of aliphatic hydroxyl groups is 1. The van der Waals surface area contributed by atoms with Crippen LogP contribution in [0.2, 0.25) is 0 Å². The van der Waals surface area contributed by atoms with Crippen molar-refractivity contribution in [3.63, 3.8) is 0 Å². The molecule has 0 saturated heterocycles. The predicted molar refractivity (Wildman–Crippen MR) is 100 cm³/mol. The van der Waals surface area contributed by atoms with Crippen LogP contribution in [0.1, 0.15) is 0 Å². The van der Waals surface area contributed by atoms with Crippen LogP contribution in [0.15, 0.2) is 66.7 Å². The van der Waals surface area contributed by atoms with Gasteiger partial charge in [-0.3, -0.25) is 0 Å². The highest BCUT2D eigenvalue weighted by Gasteiger charge is 2.06. The van der Waals surface area contributed by atoms with Crippen molar-refractivity contribution >= 4 is 10.8 Å². The highest BCUT2D eigenvalue weighted by molar-refractivity contribution is 5.83. The first kappa shape index (κ1) is 18.2. The van der Waals surface area contributed by atoms with Gasteiger partial charge in [0.2, 0.25) is 0 Å². The van der Waals surface area contributed by atoms with E-state index in [9.17, 15) is 9.50 Å². The number of rotatable bonds is 9. The molecule has 0 bridgehead atoms. The number of benzene rings is 3. The van der Waals surface area contributed by atoms with Crippen LogP contribution in [0, 0.1) is 5.82 Å². The zero-order valence-corrected chi connectivity index (χ0v) is 14.4. The third-order valence-electron chi connectivity index (χ3n) is 3.92. The first-order chi connectivity index (χ1) is 12.7. The summed E-state index contributed by atoms with van der Waals surface area (Å²) in [5.41, 5.74) is 0. The van der Waals surface area contributed by atoms with Crippen LogP contribution < -0.4 is 14.8 Å². The predicted octanol–water partition coefficient (Wildman–Crippen LogP) is 3.39. The van der Waals surface area contributed by atoms with Gasteiger partial charge in [0, 0.05) is 13.1 Å². The molecule has 2 N–H and O–H groups in total. The van der Waals surface area contributed by atoms with Crippen molar-refractivity contribution in [2.24, 2.45) is 0 Å².